The summed E-state index contributed by atoms with van der Waals surface area (Å²) in [7, 11) is 0. The second-order valence-corrected chi connectivity index (χ2v) is 5.74. The van der Waals surface area contributed by atoms with Gasteiger partial charge in [0.2, 0.25) is 0 Å². The van der Waals surface area contributed by atoms with Gasteiger partial charge in [0, 0.05) is 44.1 Å². The highest BCUT2D eigenvalue weighted by molar-refractivity contribution is 7.80. The van der Waals surface area contributed by atoms with Gasteiger partial charge in [-0.15, -0.1) is 0 Å². The molecule has 1 aliphatic rings. The van der Waals surface area contributed by atoms with Crippen molar-refractivity contribution in [3.05, 3.63) is 30.1 Å². The molecule has 1 amide bonds. The van der Waals surface area contributed by atoms with E-state index in [-0.39, 0.29) is 11.9 Å². The first-order valence-electron chi connectivity index (χ1n) is 7.36. The van der Waals surface area contributed by atoms with Crippen molar-refractivity contribution in [3.63, 3.8) is 0 Å². The number of carbonyl (C=O) groups excluding carboxylic acids is 1. The van der Waals surface area contributed by atoms with Crippen LogP contribution in [0.15, 0.2) is 24.5 Å². The van der Waals surface area contributed by atoms with E-state index < -0.39 is 0 Å². The average molecular weight is 306 g/mol. The molecular weight excluding hydrogens is 284 g/mol. The van der Waals surface area contributed by atoms with Gasteiger partial charge in [-0.2, -0.15) is 0 Å². The van der Waals surface area contributed by atoms with Gasteiger partial charge in [-0.1, -0.05) is 25.6 Å². The fraction of sp³-hybridized carbons (Fsp3) is 0.533. The molecule has 1 unspecified atom stereocenters. The highest BCUT2D eigenvalue weighted by atomic mass is 32.1. The molecule has 1 saturated heterocycles. The summed E-state index contributed by atoms with van der Waals surface area (Å²) in [6, 6.07) is 3.66. The summed E-state index contributed by atoms with van der Waals surface area (Å²) in [5.41, 5.74) is 6.53. The van der Waals surface area contributed by atoms with Gasteiger partial charge < -0.3 is 10.6 Å². The molecule has 0 radical (unpaired) electrons. The standard InChI is InChI=1S/C15H22N4OS/c1-2-3-13(14(16)21)18-8-10-19(11-9-18)15(20)12-4-6-17-7-5-12/h4-7,13H,2-3,8-11H2,1H3,(H2,16,21). The Morgan fingerprint density at radius 1 is 1.33 bits per heavy atom. The normalized spacial score (nSPS) is 17.5. The van der Waals surface area contributed by atoms with Crippen molar-refractivity contribution in [2.45, 2.75) is 25.8 Å². The number of aromatic nitrogens is 1. The van der Waals surface area contributed by atoms with Crippen molar-refractivity contribution in [3.8, 4) is 0 Å². The van der Waals surface area contributed by atoms with Crippen molar-refractivity contribution >= 4 is 23.1 Å². The molecular formula is C15H22N4OS. The SMILES string of the molecule is CCCC(C(N)=S)N1CCN(C(=O)c2ccncc2)CC1. The Hall–Kier alpha value is -1.53. The van der Waals surface area contributed by atoms with E-state index in [9.17, 15) is 4.79 Å². The summed E-state index contributed by atoms with van der Waals surface area (Å²) in [4.78, 5) is 21.0. The highest BCUT2D eigenvalue weighted by Gasteiger charge is 2.27. The molecule has 5 nitrogen and oxygen atoms in total. The lowest BCUT2D eigenvalue weighted by Gasteiger charge is -2.39. The fourth-order valence-corrected chi connectivity index (χ4v) is 2.96. The zero-order valence-corrected chi connectivity index (χ0v) is 13.2. The quantitative estimate of drug-likeness (QED) is 0.831. The highest BCUT2D eigenvalue weighted by Crippen LogP contribution is 2.13. The number of hydrogen-bond acceptors (Lipinski definition) is 4. The predicted molar refractivity (Wildman–Crippen MR) is 87.2 cm³/mol. The number of nitrogens with zero attached hydrogens (tertiary/aromatic N) is 3. The first-order valence-corrected chi connectivity index (χ1v) is 7.77. The Morgan fingerprint density at radius 3 is 2.48 bits per heavy atom. The van der Waals surface area contributed by atoms with E-state index in [2.05, 4.69) is 16.8 Å². The van der Waals surface area contributed by atoms with Crippen molar-refractivity contribution in [1.82, 2.24) is 14.8 Å². The number of nitrogens with two attached hydrogens (primary N) is 1. The molecule has 0 spiro atoms. The topological polar surface area (TPSA) is 62.5 Å². The molecule has 1 atom stereocenters. The van der Waals surface area contributed by atoms with Crippen LogP contribution in [-0.4, -0.2) is 57.9 Å². The lowest BCUT2D eigenvalue weighted by Crippen LogP contribution is -2.54. The van der Waals surface area contributed by atoms with Crippen molar-refractivity contribution in [2.24, 2.45) is 5.73 Å². The van der Waals surface area contributed by atoms with E-state index in [1.165, 1.54) is 0 Å². The van der Waals surface area contributed by atoms with Crippen molar-refractivity contribution in [1.29, 1.82) is 0 Å². The third-order valence-electron chi connectivity index (χ3n) is 3.86. The average Bonchev–Trinajstić information content (AvgIpc) is 2.53. The van der Waals surface area contributed by atoms with Crippen LogP contribution in [0.2, 0.25) is 0 Å². The van der Waals surface area contributed by atoms with Crippen molar-refractivity contribution < 1.29 is 4.79 Å². The molecule has 0 saturated carbocycles. The fourth-order valence-electron chi connectivity index (χ4n) is 2.69. The Balaban J connectivity index is 1.94. The Labute approximate surface area is 131 Å². The number of amides is 1. The molecule has 21 heavy (non-hydrogen) atoms. The molecule has 1 aliphatic heterocycles. The maximum absolute atomic E-state index is 12.4. The number of hydrogen-bond donors (Lipinski definition) is 1. The number of piperazine rings is 1. The van der Waals surface area contributed by atoms with Gasteiger partial charge in [-0.3, -0.25) is 14.7 Å². The van der Waals surface area contributed by atoms with Gasteiger partial charge >= 0.3 is 0 Å². The summed E-state index contributed by atoms with van der Waals surface area (Å²) in [6.45, 7) is 5.19. The van der Waals surface area contributed by atoms with Crippen LogP contribution in [0.1, 0.15) is 30.1 Å². The molecule has 0 aromatic carbocycles. The summed E-state index contributed by atoms with van der Waals surface area (Å²) in [5.74, 6) is 0.0689. The van der Waals surface area contributed by atoms with Gasteiger partial charge in [0.15, 0.2) is 0 Å². The monoisotopic (exact) mass is 306 g/mol. The Kier molecular flexibility index (Phi) is 5.64. The minimum absolute atomic E-state index is 0.0689. The van der Waals surface area contributed by atoms with Crippen molar-refractivity contribution in [2.75, 3.05) is 26.2 Å². The molecule has 2 rings (SSSR count). The minimum Gasteiger partial charge on any atom is -0.392 e. The zero-order valence-electron chi connectivity index (χ0n) is 12.4. The molecule has 1 aromatic heterocycles. The van der Waals surface area contributed by atoms with Crippen LogP contribution < -0.4 is 5.73 Å². The first-order chi connectivity index (χ1) is 10.1. The molecule has 1 fully saturated rings. The van der Waals surface area contributed by atoms with Crippen LogP contribution in [-0.2, 0) is 0 Å². The number of pyridine rings is 1. The molecule has 0 aliphatic carbocycles. The molecule has 2 N–H and O–H groups in total. The lowest BCUT2D eigenvalue weighted by atomic mass is 10.1. The third-order valence-corrected chi connectivity index (χ3v) is 4.13. The predicted octanol–water partition coefficient (Wildman–Crippen LogP) is 1.29. The van der Waals surface area contributed by atoms with E-state index in [1.54, 1.807) is 24.5 Å². The smallest absolute Gasteiger partial charge is 0.254 e. The van der Waals surface area contributed by atoms with Gasteiger partial charge in [0.1, 0.15) is 0 Å². The largest absolute Gasteiger partial charge is 0.392 e. The van der Waals surface area contributed by atoms with E-state index in [1.807, 2.05) is 4.90 Å². The van der Waals surface area contributed by atoms with E-state index in [0.29, 0.717) is 23.6 Å². The number of thiocarbonyl (C=S) groups is 1. The summed E-state index contributed by atoms with van der Waals surface area (Å²) in [5, 5.41) is 0. The number of rotatable bonds is 5. The van der Waals surface area contributed by atoms with Gasteiger partial charge in [0.25, 0.3) is 5.91 Å². The van der Waals surface area contributed by atoms with E-state index >= 15 is 0 Å². The number of carbonyl (C=O) groups is 1. The zero-order chi connectivity index (χ0) is 15.2. The van der Waals surface area contributed by atoms with Crippen LogP contribution in [0.4, 0.5) is 0 Å². The summed E-state index contributed by atoms with van der Waals surface area (Å²) < 4.78 is 0. The molecule has 2 heterocycles. The summed E-state index contributed by atoms with van der Waals surface area (Å²) >= 11 is 5.17. The van der Waals surface area contributed by atoms with Gasteiger partial charge in [-0.05, 0) is 18.6 Å². The van der Waals surface area contributed by atoms with Gasteiger partial charge in [-0.25, -0.2) is 0 Å². The van der Waals surface area contributed by atoms with Crippen LogP contribution in [0.25, 0.3) is 0 Å². The second kappa shape index (κ2) is 7.47. The van der Waals surface area contributed by atoms with Gasteiger partial charge in [0.05, 0.1) is 11.0 Å². The second-order valence-electron chi connectivity index (χ2n) is 5.27. The third kappa shape index (κ3) is 3.98. The summed E-state index contributed by atoms with van der Waals surface area (Å²) in [6.07, 6.45) is 5.33. The first kappa shape index (κ1) is 15.9. The van der Waals surface area contributed by atoms with Crippen LogP contribution in [0, 0.1) is 0 Å². The molecule has 6 heteroatoms. The van der Waals surface area contributed by atoms with Crippen LogP contribution >= 0.6 is 12.2 Å². The maximum atomic E-state index is 12.4. The maximum Gasteiger partial charge on any atom is 0.254 e. The lowest BCUT2D eigenvalue weighted by molar-refractivity contribution is 0.0608. The Morgan fingerprint density at radius 2 is 1.95 bits per heavy atom. The van der Waals surface area contributed by atoms with E-state index in [4.69, 9.17) is 18.0 Å². The minimum atomic E-state index is 0.0689. The Bertz CT molecular complexity index is 486. The van der Waals surface area contributed by atoms with Crippen LogP contribution in [0.3, 0.4) is 0 Å². The van der Waals surface area contributed by atoms with Crippen LogP contribution in [0.5, 0.6) is 0 Å². The van der Waals surface area contributed by atoms with E-state index in [0.717, 1.165) is 25.9 Å². The molecule has 1 aromatic rings. The molecule has 114 valence electrons. The molecule has 0 bridgehead atoms.